The van der Waals surface area contributed by atoms with E-state index in [0.717, 1.165) is 39.1 Å². The maximum absolute atomic E-state index is 15.2. The summed E-state index contributed by atoms with van der Waals surface area (Å²) in [6.45, 7) is 0. The van der Waals surface area contributed by atoms with Crippen molar-refractivity contribution in [3.05, 3.63) is 150 Å². The highest BCUT2D eigenvalue weighted by atomic mass is 31.1. The second-order valence-electron chi connectivity index (χ2n) is 13.9. The largest absolute Gasteiger partial charge is 0.282 e. The number of amides is 1. The van der Waals surface area contributed by atoms with E-state index >= 15 is 4.79 Å². The minimum Gasteiger partial charge on any atom is -0.282 e. The molecule has 0 spiro atoms. The average molecular weight is 649 g/mol. The summed E-state index contributed by atoms with van der Waals surface area (Å²) in [6, 6.07) is 44.3. The molecule has 4 heteroatoms. The van der Waals surface area contributed by atoms with E-state index in [1.165, 1.54) is 75.1 Å². The summed E-state index contributed by atoms with van der Waals surface area (Å²) in [7, 11) is -0.401. The Morgan fingerprint density at radius 3 is 1.81 bits per heavy atom. The topological polar surface area (TPSA) is 32.7 Å². The van der Waals surface area contributed by atoms with Crippen LogP contribution in [0.5, 0.6) is 0 Å². The Labute approximate surface area is 286 Å². The van der Waals surface area contributed by atoms with Crippen molar-refractivity contribution >= 4 is 35.7 Å². The predicted molar refractivity (Wildman–Crippen MR) is 202 cm³/mol. The monoisotopic (exact) mass is 648 g/mol. The Morgan fingerprint density at radius 1 is 0.583 bits per heavy atom. The van der Waals surface area contributed by atoms with Crippen molar-refractivity contribution in [3.8, 4) is 0 Å². The van der Waals surface area contributed by atoms with Crippen LogP contribution in [0.2, 0.25) is 0 Å². The Balaban J connectivity index is 1.31. The van der Waals surface area contributed by atoms with E-state index in [4.69, 9.17) is 4.99 Å². The molecule has 0 unspecified atom stereocenters. The summed E-state index contributed by atoms with van der Waals surface area (Å²) in [5.74, 6) is 0.854. The molecule has 0 N–H and O–H groups in total. The quantitative estimate of drug-likeness (QED) is 0.162. The lowest BCUT2D eigenvalue weighted by Crippen LogP contribution is -2.40. The normalized spacial score (nSPS) is 20.7. The number of hydrogen-bond acceptors (Lipinski definition) is 2. The van der Waals surface area contributed by atoms with Crippen LogP contribution in [-0.2, 0) is 0 Å². The van der Waals surface area contributed by atoms with E-state index in [2.05, 4.69) is 120 Å². The first-order valence-corrected chi connectivity index (χ1v) is 19.6. The van der Waals surface area contributed by atoms with Crippen molar-refractivity contribution in [1.82, 2.24) is 4.90 Å². The van der Waals surface area contributed by atoms with Gasteiger partial charge in [0.15, 0.2) is 0 Å². The van der Waals surface area contributed by atoms with Gasteiger partial charge in [0.1, 0.15) is 11.9 Å². The van der Waals surface area contributed by atoms with Crippen LogP contribution >= 0.6 is 7.92 Å². The van der Waals surface area contributed by atoms with Crippen molar-refractivity contribution in [3.63, 3.8) is 0 Å². The van der Waals surface area contributed by atoms with Crippen LogP contribution < -0.4 is 5.30 Å². The zero-order chi connectivity index (χ0) is 32.3. The molecule has 0 saturated heterocycles. The van der Waals surface area contributed by atoms with Gasteiger partial charge < -0.3 is 0 Å². The molecule has 3 aliphatic rings. The SMILES string of the molecule is O=C(c1ccc2ccccc2c1)N1C(c2ccccc2P(C2CCCCC2)C2CCCCC2)=N[C@H](c2ccccc2)[C@@H]1c1ccccc1. The smallest absolute Gasteiger partial charge is 0.260 e. The molecule has 0 bridgehead atoms. The van der Waals surface area contributed by atoms with Gasteiger partial charge in [0, 0.05) is 11.1 Å². The van der Waals surface area contributed by atoms with Gasteiger partial charge in [-0.05, 0) is 76.3 Å². The highest BCUT2D eigenvalue weighted by Crippen LogP contribution is 2.56. The fraction of sp³-hybridized carbons (Fsp3) is 0.318. The van der Waals surface area contributed by atoms with E-state index in [9.17, 15) is 0 Å². The summed E-state index contributed by atoms with van der Waals surface area (Å²) < 4.78 is 0. The van der Waals surface area contributed by atoms with Crippen LogP contribution in [0.1, 0.15) is 103 Å². The zero-order valence-electron chi connectivity index (χ0n) is 27.8. The Kier molecular flexibility index (Phi) is 9.23. The number of nitrogens with zero attached hydrogens (tertiary/aromatic N) is 2. The molecule has 0 radical (unpaired) electrons. The van der Waals surface area contributed by atoms with Gasteiger partial charge in [-0.15, -0.1) is 0 Å². The summed E-state index contributed by atoms with van der Waals surface area (Å²) in [6.07, 6.45) is 13.5. The molecule has 3 nitrogen and oxygen atoms in total. The van der Waals surface area contributed by atoms with Gasteiger partial charge in [-0.3, -0.25) is 14.7 Å². The number of aliphatic imine (C=N–C) groups is 1. The van der Waals surface area contributed by atoms with E-state index in [1.54, 1.807) is 0 Å². The van der Waals surface area contributed by atoms with E-state index < -0.39 is 7.92 Å². The van der Waals surface area contributed by atoms with E-state index in [-0.39, 0.29) is 18.0 Å². The Morgan fingerprint density at radius 2 is 1.15 bits per heavy atom. The molecule has 2 fully saturated rings. The van der Waals surface area contributed by atoms with Crippen molar-refractivity contribution in [1.29, 1.82) is 0 Å². The van der Waals surface area contributed by atoms with Gasteiger partial charge in [-0.25, -0.2) is 0 Å². The lowest BCUT2D eigenvalue weighted by atomic mass is 9.93. The number of amidine groups is 1. The molecule has 2 saturated carbocycles. The van der Waals surface area contributed by atoms with Crippen LogP contribution in [0.15, 0.2) is 132 Å². The molecule has 1 aliphatic heterocycles. The Hall–Kier alpha value is -4.07. The predicted octanol–water partition coefficient (Wildman–Crippen LogP) is 11.0. The van der Waals surface area contributed by atoms with Crippen LogP contribution in [0.3, 0.4) is 0 Å². The highest BCUT2D eigenvalue weighted by molar-refractivity contribution is 7.67. The third-order valence-electron chi connectivity index (χ3n) is 10.9. The minimum atomic E-state index is -0.401. The van der Waals surface area contributed by atoms with Crippen LogP contribution in [0.25, 0.3) is 10.8 Å². The molecule has 5 aromatic rings. The van der Waals surface area contributed by atoms with Crippen LogP contribution in [0, 0.1) is 0 Å². The first-order valence-electron chi connectivity index (χ1n) is 18.1. The fourth-order valence-electron chi connectivity index (χ4n) is 8.61. The van der Waals surface area contributed by atoms with Gasteiger partial charge in [0.25, 0.3) is 5.91 Å². The van der Waals surface area contributed by atoms with Gasteiger partial charge in [0.2, 0.25) is 0 Å². The molecular weight excluding hydrogens is 603 g/mol. The maximum atomic E-state index is 15.2. The van der Waals surface area contributed by atoms with Crippen LogP contribution in [0.4, 0.5) is 0 Å². The number of fused-ring (bicyclic) bond motifs is 1. The summed E-state index contributed by atoms with van der Waals surface area (Å²) >= 11 is 0. The third-order valence-corrected chi connectivity index (χ3v) is 14.5. The number of rotatable bonds is 7. The Bertz CT molecular complexity index is 1870. The number of carbonyl (C=O) groups excluding carboxylic acids is 1. The third kappa shape index (κ3) is 6.14. The molecule has 0 aromatic heterocycles. The number of hydrogen-bond donors (Lipinski definition) is 0. The van der Waals surface area contributed by atoms with Gasteiger partial charge in [-0.1, -0.05) is 162 Å². The van der Waals surface area contributed by atoms with Gasteiger partial charge in [-0.2, -0.15) is 0 Å². The molecule has 2 atom stereocenters. The van der Waals surface area contributed by atoms with Crippen molar-refractivity contribution in [2.45, 2.75) is 87.6 Å². The summed E-state index contributed by atoms with van der Waals surface area (Å²) in [5.41, 5.74) is 5.62. The summed E-state index contributed by atoms with van der Waals surface area (Å²) in [5, 5.41) is 3.69. The van der Waals surface area contributed by atoms with Gasteiger partial charge in [0.05, 0.1) is 6.04 Å². The fourth-order valence-corrected chi connectivity index (χ4v) is 12.5. The van der Waals surface area contributed by atoms with E-state index in [1.807, 2.05) is 12.1 Å². The first kappa shape index (κ1) is 31.2. The number of carbonyl (C=O) groups is 1. The summed E-state index contributed by atoms with van der Waals surface area (Å²) in [4.78, 5) is 22.9. The molecule has 242 valence electrons. The first-order chi connectivity index (χ1) is 23.8. The van der Waals surface area contributed by atoms with E-state index in [0.29, 0.717) is 5.56 Å². The lowest BCUT2D eigenvalue weighted by molar-refractivity contribution is 0.0805. The maximum Gasteiger partial charge on any atom is 0.260 e. The highest BCUT2D eigenvalue weighted by Gasteiger charge is 2.44. The van der Waals surface area contributed by atoms with Crippen molar-refractivity contribution < 1.29 is 4.79 Å². The molecule has 1 heterocycles. The number of benzene rings is 5. The lowest BCUT2D eigenvalue weighted by Gasteiger charge is -2.40. The second kappa shape index (κ2) is 14.2. The van der Waals surface area contributed by atoms with Crippen molar-refractivity contribution in [2.75, 3.05) is 0 Å². The van der Waals surface area contributed by atoms with Crippen LogP contribution in [-0.4, -0.2) is 28.0 Å². The minimum absolute atomic E-state index is 0.0150. The molecule has 1 amide bonds. The van der Waals surface area contributed by atoms with Crippen molar-refractivity contribution in [2.24, 2.45) is 4.99 Å². The van der Waals surface area contributed by atoms with Gasteiger partial charge >= 0.3 is 0 Å². The zero-order valence-corrected chi connectivity index (χ0v) is 28.6. The molecule has 48 heavy (non-hydrogen) atoms. The molecular formula is C44H45N2OP. The molecule has 5 aromatic carbocycles. The molecule has 2 aliphatic carbocycles. The molecule has 8 rings (SSSR count). The second-order valence-corrected chi connectivity index (χ2v) is 16.7. The standard InChI is InChI=1S/C44H45N2OP/c47-44(36-30-29-32-17-13-14-22-35(32)31-36)46-42(34-20-7-2-8-21-34)41(33-18-5-1-6-19-33)45-43(46)39-27-15-16-28-40(39)48(37-23-9-3-10-24-37)38-25-11-4-12-26-38/h1-2,5-8,13-22,27-31,37-38,41-42H,3-4,9-12,23-26H2/t41-,42+/m1/s1. The average Bonchev–Trinajstić information content (AvgIpc) is 3.57.